The molecule has 1 unspecified atom stereocenters. The fourth-order valence-electron chi connectivity index (χ4n) is 1.98. The van der Waals surface area contributed by atoms with E-state index >= 15 is 0 Å². The number of nitrogens with two attached hydrogens (primary N) is 1. The number of benzene rings is 1. The molecule has 0 spiro atoms. The molecule has 108 valence electrons. The third-order valence-electron chi connectivity index (χ3n) is 3.18. The van der Waals surface area contributed by atoms with Gasteiger partial charge in [-0.05, 0) is 37.0 Å². The van der Waals surface area contributed by atoms with Crippen LogP contribution in [0.3, 0.4) is 0 Å². The Balaban J connectivity index is 2.11. The highest BCUT2D eigenvalue weighted by Gasteiger charge is 2.10. The first kappa shape index (κ1) is 15.0. The van der Waals surface area contributed by atoms with Crippen molar-refractivity contribution in [3.8, 4) is 5.75 Å². The van der Waals surface area contributed by atoms with Gasteiger partial charge in [0.15, 0.2) is 0 Å². The van der Waals surface area contributed by atoms with Gasteiger partial charge in [0, 0.05) is 11.4 Å². The molecule has 1 aromatic heterocycles. The van der Waals surface area contributed by atoms with Gasteiger partial charge in [0.25, 0.3) is 0 Å². The summed E-state index contributed by atoms with van der Waals surface area (Å²) in [5.74, 6) is 1.40. The maximum Gasteiger partial charge on any atom is 0.140 e. The van der Waals surface area contributed by atoms with E-state index in [0.717, 1.165) is 16.5 Å². The Hall–Kier alpha value is -1.39. The summed E-state index contributed by atoms with van der Waals surface area (Å²) in [7, 11) is 0. The third kappa shape index (κ3) is 3.58. The number of hydrogen-bond donors (Lipinski definition) is 1. The molecule has 1 atom stereocenters. The van der Waals surface area contributed by atoms with Crippen molar-refractivity contribution in [2.45, 2.75) is 46.3 Å². The molecule has 2 rings (SSSR count). The first-order valence-electron chi connectivity index (χ1n) is 6.90. The number of rotatable bonds is 5. The van der Waals surface area contributed by atoms with Crippen LogP contribution in [-0.2, 0) is 6.61 Å². The molecule has 4 heteroatoms. The molecule has 20 heavy (non-hydrogen) atoms. The van der Waals surface area contributed by atoms with Crippen molar-refractivity contribution < 1.29 is 4.74 Å². The van der Waals surface area contributed by atoms with E-state index in [0.29, 0.717) is 12.5 Å². The third-order valence-corrected chi connectivity index (χ3v) is 4.02. The summed E-state index contributed by atoms with van der Waals surface area (Å²) in [5, 5.41) is 2.97. The Kier molecular flexibility index (Phi) is 4.78. The number of nitrogens with zero attached hydrogens (tertiary/aromatic N) is 1. The minimum absolute atomic E-state index is 0.0230. The lowest BCUT2D eigenvalue weighted by Gasteiger charge is -2.14. The minimum atomic E-state index is -0.0230. The van der Waals surface area contributed by atoms with Crippen LogP contribution in [0, 0.1) is 6.92 Å². The summed E-state index contributed by atoms with van der Waals surface area (Å²) in [6.07, 6.45) is 0. The molecular formula is C16H22N2OS. The lowest BCUT2D eigenvalue weighted by atomic mass is 10.0. The lowest BCUT2D eigenvalue weighted by molar-refractivity contribution is 0.300. The van der Waals surface area contributed by atoms with Gasteiger partial charge in [-0.15, -0.1) is 11.3 Å². The van der Waals surface area contributed by atoms with Crippen molar-refractivity contribution in [3.63, 3.8) is 0 Å². The molecule has 0 amide bonds. The van der Waals surface area contributed by atoms with Crippen LogP contribution in [0.4, 0.5) is 0 Å². The maximum absolute atomic E-state index is 5.97. The summed E-state index contributed by atoms with van der Waals surface area (Å²) < 4.78 is 5.97. The normalized spacial score (nSPS) is 12.7. The Morgan fingerprint density at radius 2 is 2.05 bits per heavy atom. The Labute approximate surface area is 124 Å². The fraction of sp³-hybridized carbons (Fsp3) is 0.438. The number of aromatic nitrogens is 1. The standard InChI is InChI=1S/C16H22N2OS/c1-10(2)13-6-5-11(3)7-15(13)19-8-16-18-14(9-20-16)12(4)17/h5-7,9-10,12H,8,17H2,1-4H3. The van der Waals surface area contributed by atoms with E-state index in [-0.39, 0.29) is 6.04 Å². The molecule has 3 nitrogen and oxygen atoms in total. The van der Waals surface area contributed by atoms with Crippen molar-refractivity contribution in [3.05, 3.63) is 45.4 Å². The highest BCUT2D eigenvalue weighted by Crippen LogP contribution is 2.28. The summed E-state index contributed by atoms with van der Waals surface area (Å²) in [6, 6.07) is 6.34. The number of aryl methyl sites for hydroxylation is 1. The van der Waals surface area contributed by atoms with Gasteiger partial charge < -0.3 is 10.5 Å². The SMILES string of the molecule is Cc1ccc(C(C)C)c(OCc2nc(C(C)N)cs2)c1. The number of thiazole rings is 1. The molecule has 0 fully saturated rings. The van der Waals surface area contributed by atoms with E-state index < -0.39 is 0 Å². The minimum Gasteiger partial charge on any atom is -0.486 e. The van der Waals surface area contributed by atoms with Gasteiger partial charge in [0.2, 0.25) is 0 Å². The van der Waals surface area contributed by atoms with Crippen LogP contribution in [0.2, 0.25) is 0 Å². The van der Waals surface area contributed by atoms with Crippen molar-refractivity contribution in [1.82, 2.24) is 4.98 Å². The Bertz CT molecular complexity index is 576. The first-order valence-corrected chi connectivity index (χ1v) is 7.78. The first-order chi connectivity index (χ1) is 9.47. The second-order valence-electron chi connectivity index (χ2n) is 5.44. The maximum atomic E-state index is 5.97. The van der Waals surface area contributed by atoms with Crippen LogP contribution >= 0.6 is 11.3 Å². The summed E-state index contributed by atoms with van der Waals surface area (Å²) in [5.41, 5.74) is 9.20. The molecule has 0 aliphatic heterocycles. The molecule has 0 saturated carbocycles. The molecule has 0 saturated heterocycles. The van der Waals surface area contributed by atoms with E-state index in [1.165, 1.54) is 11.1 Å². The fourth-order valence-corrected chi connectivity index (χ4v) is 2.79. The molecule has 0 bridgehead atoms. The van der Waals surface area contributed by atoms with Gasteiger partial charge in [-0.3, -0.25) is 0 Å². The van der Waals surface area contributed by atoms with Crippen LogP contribution in [0.1, 0.15) is 54.6 Å². The van der Waals surface area contributed by atoms with Crippen LogP contribution < -0.4 is 10.5 Å². The number of ether oxygens (including phenoxy) is 1. The quantitative estimate of drug-likeness (QED) is 0.899. The largest absolute Gasteiger partial charge is 0.486 e. The van der Waals surface area contributed by atoms with Gasteiger partial charge in [-0.1, -0.05) is 26.0 Å². The summed E-state index contributed by atoms with van der Waals surface area (Å²) >= 11 is 1.60. The predicted octanol–water partition coefficient (Wildman–Crippen LogP) is 4.17. The van der Waals surface area contributed by atoms with Gasteiger partial charge in [0.1, 0.15) is 17.4 Å². The van der Waals surface area contributed by atoms with Gasteiger partial charge in [-0.25, -0.2) is 4.98 Å². The molecular weight excluding hydrogens is 268 g/mol. The van der Waals surface area contributed by atoms with Gasteiger partial charge in [-0.2, -0.15) is 0 Å². The van der Waals surface area contributed by atoms with Crippen LogP contribution in [0.25, 0.3) is 0 Å². The second kappa shape index (κ2) is 6.37. The van der Waals surface area contributed by atoms with E-state index in [1.807, 2.05) is 12.3 Å². The summed E-state index contributed by atoms with van der Waals surface area (Å²) in [4.78, 5) is 4.49. The molecule has 1 aromatic carbocycles. The zero-order chi connectivity index (χ0) is 14.7. The highest BCUT2D eigenvalue weighted by molar-refractivity contribution is 7.09. The zero-order valence-corrected chi connectivity index (χ0v) is 13.3. The smallest absolute Gasteiger partial charge is 0.140 e. The Morgan fingerprint density at radius 1 is 1.30 bits per heavy atom. The van der Waals surface area contributed by atoms with E-state index in [4.69, 9.17) is 10.5 Å². The van der Waals surface area contributed by atoms with Crippen LogP contribution in [0.15, 0.2) is 23.6 Å². The predicted molar refractivity (Wildman–Crippen MR) is 84.3 cm³/mol. The topological polar surface area (TPSA) is 48.1 Å². The molecule has 2 N–H and O–H groups in total. The van der Waals surface area contributed by atoms with Crippen LogP contribution in [0.5, 0.6) is 5.75 Å². The Morgan fingerprint density at radius 3 is 2.65 bits per heavy atom. The van der Waals surface area contributed by atoms with E-state index in [1.54, 1.807) is 11.3 Å². The average molecular weight is 290 g/mol. The number of hydrogen-bond acceptors (Lipinski definition) is 4. The monoisotopic (exact) mass is 290 g/mol. The van der Waals surface area contributed by atoms with Crippen molar-refractivity contribution >= 4 is 11.3 Å². The summed E-state index contributed by atoms with van der Waals surface area (Å²) in [6.45, 7) is 8.87. The zero-order valence-electron chi connectivity index (χ0n) is 12.5. The van der Waals surface area contributed by atoms with Crippen molar-refractivity contribution in [2.24, 2.45) is 5.73 Å². The molecule has 2 aromatic rings. The van der Waals surface area contributed by atoms with E-state index in [2.05, 4.69) is 44.0 Å². The van der Waals surface area contributed by atoms with Gasteiger partial charge in [0.05, 0.1) is 5.69 Å². The molecule has 0 aliphatic rings. The van der Waals surface area contributed by atoms with Crippen molar-refractivity contribution in [2.75, 3.05) is 0 Å². The van der Waals surface area contributed by atoms with Crippen molar-refractivity contribution in [1.29, 1.82) is 0 Å². The highest BCUT2D eigenvalue weighted by atomic mass is 32.1. The van der Waals surface area contributed by atoms with Gasteiger partial charge >= 0.3 is 0 Å². The average Bonchev–Trinajstić information content (AvgIpc) is 2.85. The molecule has 0 radical (unpaired) electrons. The second-order valence-corrected chi connectivity index (χ2v) is 6.38. The molecule has 1 heterocycles. The van der Waals surface area contributed by atoms with Crippen LogP contribution in [-0.4, -0.2) is 4.98 Å². The molecule has 0 aliphatic carbocycles. The lowest BCUT2D eigenvalue weighted by Crippen LogP contribution is -2.06. The van der Waals surface area contributed by atoms with E-state index in [9.17, 15) is 0 Å².